The summed E-state index contributed by atoms with van der Waals surface area (Å²) >= 11 is 0. The first kappa shape index (κ1) is 21.5. The number of nitrogens with zero attached hydrogens (tertiary/aromatic N) is 6. The van der Waals surface area contributed by atoms with Gasteiger partial charge in [-0.2, -0.15) is 4.98 Å². The number of anilines is 3. The van der Waals surface area contributed by atoms with Gasteiger partial charge in [-0.1, -0.05) is 17.7 Å². The Bertz CT molecular complexity index is 1080. The van der Waals surface area contributed by atoms with Crippen molar-refractivity contribution in [3.8, 4) is 6.01 Å². The molecule has 1 fully saturated rings. The van der Waals surface area contributed by atoms with E-state index in [0.29, 0.717) is 32.1 Å². The number of carbonyl (C=O) groups excluding carboxylic acids is 1. The van der Waals surface area contributed by atoms with E-state index in [0.717, 1.165) is 22.9 Å². The van der Waals surface area contributed by atoms with Gasteiger partial charge < -0.3 is 19.9 Å². The number of ether oxygens (including phenoxy) is 1. The fourth-order valence-electron chi connectivity index (χ4n) is 3.43. The molecule has 9 nitrogen and oxygen atoms in total. The number of benzene rings is 1. The van der Waals surface area contributed by atoms with Gasteiger partial charge in [0.2, 0.25) is 5.95 Å². The molecule has 2 aromatic heterocycles. The average molecular weight is 434 g/mol. The quantitative estimate of drug-likeness (QED) is 0.634. The molecular weight excluding hydrogens is 406 g/mol. The van der Waals surface area contributed by atoms with Crippen LogP contribution in [0.3, 0.4) is 0 Å². The van der Waals surface area contributed by atoms with Crippen molar-refractivity contribution in [1.82, 2.24) is 24.8 Å². The van der Waals surface area contributed by atoms with E-state index in [4.69, 9.17) is 4.74 Å². The highest BCUT2D eigenvalue weighted by Crippen LogP contribution is 2.20. The van der Waals surface area contributed by atoms with Gasteiger partial charge in [-0.15, -0.1) is 0 Å². The number of amides is 1. The number of hydrogen-bond acceptors (Lipinski definition) is 8. The molecular formula is C23H27N7O2. The van der Waals surface area contributed by atoms with Gasteiger partial charge in [0.25, 0.3) is 5.91 Å². The summed E-state index contributed by atoms with van der Waals surface area (Å²) in [5.74, 6) is 1.34. The summed E-state index contributed by atoms with van der Waals surface area (Å²) in [6.07, 6.45) is 1.62. The van der Waals surface area contributed by atoms with Crippen molar-refractivity contribution in [2.24, 2.45) is 0 Å². The number of aromatic nitrogens is 4. The number of nitrogens with one attached hydrogen (secondary N) is 1. The van der Waals surface area contributed by atoms with Crippen molar-refractivity contribution < 1.29 is 9.53 Å². The Morgan fingerprint density at radius 1 is 0.969 bits per heavy atom. The average Bonchev–Trinajstić information content (AvgIpc) is 2.79. The van der Waals surface area contributed by atoms with Crippen LogP contribution < -0.4 is 15.0 Å². The van der Waals surface area contributed by atoms with Crippen LogP contribution in [0.2, 0.25) is 0 Å². The predicted octanol–water partition coefficient (Wildman–Crippen LogP) is 2.66. The standard InChI is InChI=1S/C23H27N7O2/c1-16-4-6-19(7-5-16)27-22-25-18(3)14-20(28-22)29-10-12-30(13-11-29)21(31)15-32-23-24-9-8-17(2)26-23/h4-9,14H,10-13,15H2,1-3H3,(H,25,27,28). The number of carbonyl (C=O) groups is 1. The maximum atomic E-state index is 12.5. The summed E-state index contributed by atoms with van der Waals surface area (Å²) in [5, 5.41) is 3.27. The van der Waals surface area contributed by atoms with Gasteiger partial charge in [-0.05, 0) is 39.0 Å². The largest absolute Gasteiger partial charge is 0.453 e. The van der Waals surface area contributed by atoms with Gasteiger partial charge in [0.15, 0.2) is 6.61 Å². The Balaban J connectivity index is 1.33. The normalized spacial score (nSPS) is 13.7. The van der Waals surface area contributed by atoms with Crippen LogP contribution in [0.1, 0.15) is 17.0 Å². The van der Waals surface area contributed by atoms with Gasteiger partial charge in [0.1, 0.15) is 5.82 Å². The zero-order valence-electron chi connectivity index (χ0n) is 18.6. The van der Waals surface area contributed by atoms with Crippen LogP contribution >= 0.6 is 0 Å². The zero-order chi connectivity index (χ0) is 22.5. The van der Waals surface area contributed by atoms with Gasteiger partial charge in [0, 0.05) is 55.5 Å². The first-order valence-electron chi connectivity index (χ1n) is 10.6. The molecule has 0 spiro atoms. The fourth-order valence-corrected chi connectivity index (χ4v) is 3.43. The molecule has 1 saturated heterocycles. The molecule has 3 aromatic rings. The highest BCUT2D eigenvalue weighted by Gasteiger charge is 2.23. The molecule has 1 aliphatic rings. The highest BCUT2D eigenvalue weighted by molar-refractivity contribution is 5.78. The zero-order valence-corrected chi connectivity index (χ0v) is 18.6. The lowest BCUT2D eigenvalue weighted by atomic mass is 10.2. The fraction of sp³-hybridized carbons (Fsp3) is 0.348. The molecule has 166 valence electrons. The summed E-state index contributed by atoms with van der Waals surface area (Å²) in [6.45, 7) is 8.36. The first-order valence-corrected chi connectivity index (χ1v) is 10.6. The van der Waals surface area contributed by atoms with E-state index in [2.05, 4.69) is 37.1 Å². The van der Waals surface area contributed by atoms with Gasteiger partial charge in [-0.25, -0.2) is 15.0 Å². The third-order valence-electron chi connectivity index (χ3n) is 5.20. The summed E-state index contributed by atoms with van der Waals surface area (Å²) in [6, 6.07) is 12.1. The van der Waals surface area contributed by atoms with Crippen molar-refractivity contribution in [2.75, 3.05) is 43.0 Å². The van der Waals surface area contributed by atoms with Crippen molar-refractivity contribution in [1.29, 1.82) is 0 Å². The van der Waals surface area contributed by atoms with Crippen LogP contribution in [0.25, 0.3) is 0 Å². The molecule has 0 aliphatic carbocycles. The number of rotatable bonds is 6. The van der Waals surface area contributed by atoms with Crippen molar-refractivity contribution in [2.45, 2.75) is 20.8 Å². The maximum absolute atomic E-state index is 12.5. The Kier molecular flexibility index (Phi) is 6.44. The molecule has 3 heterocycles. The van der Waals surface area contributed by atoms with Crippen molar-refractivity contribution in [3.05, 3.63) is 59.5 Å². The molecule has 9 heteroatoms. The summed E-state index contributed by atoms with van der Waals surface area (Å²) in [4.78, 5) is 33.9. The van der Waals surface area contributed by atoms with Crippen molar-refractivity contribution >= 4 is 23.4 Å². The third-order valence-corrected chi connectivity index (χ3v) is 5.20. The molecule has 4 rings (SSSR count). The monoisotopic (exact) mass is 433 g/mol. The SMILES string of the molecule is Cc1ccc(Nc2nc(C)cc(N3CCN(C(=O)COc4nccc(C)n4)CC3)n2)cc1. The van der Waals surface area contributed by atoms with E-state index < -0.39 is 0 Å². The Labute approximate surface area is 187 Å². The second kappa shape index (κ2) is 9.59. The molecule has 1 N–H and O–H groups in total. The lowest BCUT2D eigenvalue weighted by molar-refractivity contribution is -0.133. The van der Waals surface area contributed by atoms with Crippen LogP contribution in [-0.4, -0.2) is 63.5 Å². The smallest absolute Gasteiger partial charge is 0.317 e. The molecule has 1 aliphatic heterocycles. The predicted molar refractivity (Wildman–Crippen MR) is 122 cm³/mol. The number of piperazine rings is 1. The van der Waals surface area contributed by atoms with Crippen molar-refractivity contribution in [3.63, 3.8) is 0 Å². The Morgan fingerprint density at radius 2 is 1.72 bits per heavy atom. The molecule has 1 aromatic carbocycles. The third kappa shape index (κ3) is 5.48. The second-order valence-electron chi connectivity index (χ2n) is 7.82. The number of hydrogen-bond donors (Lipinski definition) is 1. The van der Waals surface area contributed by atoms with E-state index in [1.54, 1.807) is 17.2 Å². The molecule has 0 unspecified atom stereocenters. The van der Waals surface area contributed by atoms with Gasteiger partial charge in [-0.3, -0.25) is 4.79 Å². The van der Waals surface area contributed by atoms with E-state index >= 15 is 0 Å². The van der Waals surface area contributed by atoms with Crippen LogP contribution in [-0.2, 0) is 4.79 Å². The minimum atomic E-state index is -0.0737. The van der Waals surface area contributed by atoms with Crippen LogP contribution in [0, 0.1) is 20.8 Å². The molecule has 1 amide bonds. The lowest BCUT2D eigenvalue weighted by Crippen LogP contribution is -2.50. The van der Waals surface area contributed by atoms with E-state index in [1.165, 1.54) is 5.56 Å². The van der Waals surface area contributed by atoms with E-state index in [9.17, 15) is 4.79 Å². The van der Waals surface area contributed by atoms with E-state index in [-0.39, 0.29) is 18.5 Å². The van der Waals surface area contributed by atoms with E-state index in [1.807, 2.05) is 44.2 Å². The molecule has 0 radical (unpaired) electrons. The minimum absolute atomic E-state index is 0.0688. The lowest BCUT2D eigenvalue weighted by Gasteiger charge is -2.35. The summed E-state index contributed by atoms with van der Waals surface area (Å²) in [5.41, 5.74) is 3.83. The summed E-state index contributed by atoms with van der Waals surface area (Å²) in [7, 11) is 0. The second-order valence-corrected chi connectivity index (χ2v) is 7.82. The van der Waals surface area contributed by atoms with Crippen LogP contribution in [0.5, 0.6) is 6.01 Å². The Hall–Kier alpha value is -3.75. The van der Waals surface area contributed by atoms with Gasteiger partial charge >= 0.3 is 6.01 Å². The first-order chi connectivity index (χ1) is 15.5. The minimum Gasteiger partial charge on any atom is -0.453 e. The molecule has 32 heavy (non-hydrogen) atoms. The van der Waals surface area contributed by atoms with Gasteiger partial charge in [0.05, 0.1) is 0 Å². The topological polar surface area (TPSA) is 96.4 Å². The summed E-state index contributed by atoms with van der Waals surface area (Å²) < 4.78 is 5.45. The Morgan fingerprint density at radius 3 is 2.44 bits per heavy atom. The molecule has 0 saturated carbocycles. The maximum Gasteiger partial charge on any atom is 0.317 e. The molecule has 0 bridgehead atoms. The number of aryl methyl sites for hydroxylation is 3. The molecule has 0 atom stereocenters. The van der Waals surface area contributed by atoms with Crippen LogP contribution in [0.15, 0.2) is 42.6 Å². The highest BCUT2D eigenvalue weighted by atomic mass is 16.5. The van der Waals surface area contributed by atoms with Crippen LogP contribution in [0.4, 0.5) is 17.5 Å².